The zero-order chi connectivity index (χ0) is 18.5. The van der Waals surface area contributed by atoms with Gasteiger partial charge in [-0.3, -0.25) is 9.59 Å². The summed E-state index contributed by atoms with van der Waals surface area (Å²) in [5.41, 5.74) is 0.697. The van der Waals surface area contributed by atoms with Crippen LogP contribution in [0.1, 0.15) is 40.3 Å². The van der Waals surface area contributed by atoms with Gasteiger partial charge >= 0.3 is 0 Å². The number of carbonyl (C=O) groups excluding carboxylic acids is 1. The van der Waals surface area contributed by atoms with Crippen LogP contribution in [0.5, 0.6) is 0 Å². The van der Waals surface area contributed by atoms with Crippen LogP contribution < -0.4 is 10.9 Å². The summed E-state index contributed by atoms with van der Waals surface area (Å²) in [5.74, 6) is -0.726. The molecule has 5 nitrogen and oxygen atoms in total. The van der Waals surface area contributed by atoms with Gasteiger partial charge in [0.15, 0.2) is 0 Å². The van der Waals surface area contributed by atoms with Crippen LogP contribution in [-0.2, 0) is 6.54 Å². The molecule has 1 N–H and O–H groups in total. The van der Waals surface area contributed by atoms with Gasteiger partial charge in [0.25, 0.3) is 11.5 Å². The monoisotopic (exact) mass is 371 g/mol. The van der Waals surface area contributed by atoms with Crippen molar-refractivity contribution in [1.29, 1.82) is 0 Å². The molecule has 3 aromatic rings. The van der Waals surface area contributed by atoms with Gasteiger partial charge in [0.05, 0.1) is 6.04 Å². The predicted octanol–water partition coefficient (Wildman–Crippen LogP) is 3.37. The zero-order valence-corrected chi connectivity index (χ0v) is 15.0. The number of hydrogen-bond acceptors (Lipinski definition) is 4. The summed E-state index contributed by atoms with van der Waals surface area (Å²) in [6, 6.07) is 12.2. The first kappa shape index (κ1) is 18.0. The Morgan fingerprint density at radius 3 is 2.65 bits per heavy atom. The summed E-state index contributed by atoms with van der Waals surface area (Å²) >= 11 is 1.50. The van der Waals surface area contributed by atoms with Crippen molar-refractivity contribution in [2.45, 2.75) is 25.9 Å². The lowest BCUT2D eigenvalue weighted by Crippen LogP contribution is -2.32. The van der Waals surface area contributed by atoms with Crippen LogP contribution in [0.15, 0.2) is 58.7 Å². The van der Waals surface area contributed by atoms with E-state index in [1.165, 1.54) is 40.3 Å². The van der Waals surface area contributed by atoms with E-state index in [0.717, 1.165) is 16.9 Å². The van der Waals surface area contributed by atoms with Gasteiger partial charge in [0.1, 0.15) is 11.5 Å². The van der Waals surface area contributed by atoms with Crippen molar-refractivity contribution in [3.63, 3.8) is 0 Å². The number of benzene rings is 1. The number of hydrogen-bond donors (Lipinski definition) is 1. The highest BCUT2D eigenvalue weighted by molar-refractivity contribution is 7.10. The van der Waals surface area contributed by atoms with E-state index >= 15 is 0 Å². The van der Waals surface area contributed by atoms with E-state index < -0.39 is 11.9 Å². The standard InChI is InChI=1S/C19H18FN3O2S/c1-2-11-23-17(24)10-9-15(22-23)19(25)21-18(16-4-3-12-26-16)13-5-7-14(20)8-6-13/h3-10,12,18H,2,11H2,1H3,(H,21,25). The molecule has 1 atom stereocenters. The summed E-state index contributed by atoms with van der Waals surface area (Å²) in [5, 5.41) is 8.99. The van der Waals surface area contributed by atoms with Gasteiger partial charge in [-0.2, -0.15) is 5.10 Å². The van der Waals surface area contributed by atoms with Gasteiger partial charge in [-0.1, -0.05) is 25.1 Å². The number of nitrogens with one attached hydrogen (secondary N) is 1. The number of thiophene rings is 1. The Labute approximate surface area is 154 Å². The summed E-state index contributed by atoms with van der Waals surface area (Å²) in [6.45, 7) is 2.38. The molecule has 26 heavy (non-hydrogen) atoms. The van der Waals surface area contributed by atoms with Crippen molar-refractivity contribution in [2.75, 3.05) is 0 Å². The van der Waals surface area contributed by atoms with Crippen LogP contribution in [-0.4, -0.2) is 15.7 Å². The Morgan fingerprint density at radius 1 is 1.23 bits per heavy atom. The normalized spacial score (nSPS) is 11.9. The van der Waals surface area contributed by atoms with Crippen molar-refractivity contribution < 1.29 is 9.18 Å². The molecule has 0 saturated carbocycles. The Balaban J connectivity index is 1.89. The molecule has 1 amide bonds. The number of halogens is 1. The van der Waals surface area contributed by atoms with Gasteiger partial charge in [-0.05, 0) is 41.6 Å². The van der Waals surface area contributed by atoms with Gasteiger partial charge in [-0.25, -0.2) is 9.07 Å². The predicted molar refractivity (Wildman–Crippen MR) is 98.8 cm³/mol. The molecular formula is C19H18FN3O2S. The van der Waals surface area contributed by atoms with Crippen LogP contribution in [0.2, 0.25) is 0 Å². The smallest absolute Gasteiger partial charge is 0.272 e. The molecule has 0 aliphatic heterocycles. The van der Waals surface area contributed by atoms with Gasteiger partial charge in [0.2, 0.25) is 0 Å². The lowest BCUT2D eigenvalue weighted by atomic mass is 10.0. The second-order valence-corrected chi connectivity index (χ2v) is 6.73. The van der Waals surface area contributed by atoms with Crippen LogP contribution in [0, 0.1) is 5.82 Å². The second-order valence-electron chi connectivity index (χ2n) is 5.75. The van der Waals surface area contributed by atoms with Crippen molar-refractivity contribution in [3.8, 4) is 0 Å². The molecular weight excluding hydrogens is 353 g/mol. The molecule has 1 aromatic carbocycles. The third-order valence-electron chi connectivity index (χ3n) is 3.84. The minimum absolute atomic E-state index is 0.168. The van der Waals surface area contributed by atoms with E-state index in [-0.39, 0.29) is 17.1 Å². The van der Waals surface area contributed by atoms with Crippen LogP contribution in [0.3, 0.4) is 0 Å². The molecule has 0 fully saturated rings. The number of rotatable bonds is 6. The van der Waals surface area contributed by atoms with E-state index in [9.17, 15) is 14.0 Å². The molecule has 2 aromatic heterocycles. The van der Waals surface area contributed by atoms with Crippen molar-refractivity contribution in [3.05, 3.63) is 86.2 Å². The fraction of sp³-hybridized carbons (Fsp3) is 0.211. The molecule has 0 aliphatic carbocycles. The van der Waals surface area contributed by atoms with Crippen molar-refractivity contribution in [1.82, 2.24) is 15.1 Å². The third-order valence-corrected chi connectivity index (χ3v) is 4.78. The molecule has 2 heterocycles. The quantitative estimate of drug-likeness (QED) is 0.723. The average Bonchev–Trinajstić information content (AvgIpc) is 3.17. The molecule has 3 rings (SSSR count). The summed E-state index contributed by atoms with van der Waals surface area (Å²) in [7, 11) is 0. The van der Waals surface area contributed by atoms with Crippen LogP contribution in [0.4, 0.5) is 4.39 Å². The first-order valence-corrected chi connectivity index (χ1v) is 9.14. The maximum Gasteiger partial charge on any atom is 0.272 e. The molecule has 134 valence electrons. The topological polar surface area (TPSA) is 64.0 Å². The molecule has 7 heteroatoms. The number of carbonyl (C=O) groups is 1. The fourth-order valence-electron chi connectivity index (χ4n) is 2.58. The van der Waals surface area contributed by atoms with Crippen molar-refractivity contribution >= 4 is 17.2 Å². The van der Waals surface area contributed by atoms with Gasteiger partial charge in [-0.15, -0.1) is 11.3 Å². The molecule has 0 saturated heterocycles. The Hall–Kier alpha value is -2.80. The summed E-state index contributed by atoms with van der Waals surface area (Å²) in [4.78, 5) is 25.4. The van der Waals surface area contributed by atoms with Crippen LogP contribution in [0.25, 0.3) is 0 Å². The van der Waals surface area contributed by atoms with Gasteiger partial charge in [0, 0.05) is 17.5 Å². The zero-order valence-electron chi connectivity index (χ0n) is 14.2. The van der Waals surface area contributed by atoms with E-state index in [1.54, 1.807) is 12.1 Å². The largest absolute Gasteiger partial charge is 0.339 e. The minimum Gasteiger partial charge on any atom is -0.339 e. The third kappa shape index (κ3) is 4.05. The molecule has 0 radical (unpaired) electrons. The number of nitrogens with zero attached hydrogens (tertiary/aromatic N) is 2. The highest BCUT2D eigenvalue weighted by atomic mass is 32.1. The molecule has 1 unspecified atom stereocenters. The Kier molecular flexibility index (Phi) is 5.58. The average molecular weight is 371 g/mol. The fourth-order valence-corrected chi connectivity index (χ4v) is 3.38. The van der Waals surface area contributed by atoms with Gasteiger partial charge < -0.3 is 5.32 Å². The molecule has 0 spiro atoms. The number of amides is 1. The van der Waals surface area contributed by atoms with Crippen molar-refractivity contribution in [2.24, 2.45) is 0 Å². The highest BCUT2D eigenvalue weighted by Crippen LogP contribution is 2.26. The highest BCUT2D eigenvalue weighted by Gasteiger charge is 2.20. The van der Waals surface area contributed by atoms with E-state index in [4.69, 9.17) is 0 Å². The number of aryl methyl sites for hydroxylation is 1. The Bertz CT molecular complexity index is 936. The Morgan fingerprint density at radius 2 is 2.00 bits per heavy atom. The lowest BCUT2D eigenvalue weighted by molar-refractivity contribution is 0.0936. The SMILES string of the molecule is CCCn1nc(C(=O)NC(c2ccc(F)cc2)c2cccs2)ccc1=O. The summed E-state index contributed by atoms with van der Waals surface area (Å²) < 4.78 is 14.5. The maximum absolute atomic E-state index is 13.2. The summed E-state index contributed by atoms with van der Waals surface area (Å²) in [6.07, 6.45) is 0.741. The molecule has 0 bridgehead atoms. The minimum atomic E-state index is -0.420. The maximum atomic E-state index is 13.2. The first-order valence-electron chi connectivity index (χ1n) is 8.26. The van der Waals surface area contributed by atoms with E-state index in [0.29, 0.717) is 6.54 Å². The lowest BCUT2D eigenvalue weighted by Gasteiger charge is -2.18. The van der Waals surface area contributed by atoms with E-state index in [2.05, 4.69) is 10.4 Å². The van der Waals surface area contributed by atoms with E-state index in [1.807, 2.05) is 24.4 Å². The first-order chi connectivity index (χ1) is 12.6. The number of aromatic nitrogens is 2. The molecule has 0 aliphatic rings. The second kappa shape index (κ2) is 8.05. The van der Waals surface area contributed by atoms with Crippen LogP contribution >= 0.6 is 11.3 Å².